The second kappa shape index (κ2) is 6.03. The van der Waals surface area contributed by atoms with E-state index in [1.54, 1.807) is 19.1 Å². The maximum atomic E-state index is 11.8. The van der Waals surface area contributed by atoms with Crippen molar-refractivity contribution < 1.29 is 9.59 Å². The van der Waals surface area contributed by atoms with E-state index in [9.17, 15) is 9.59 Å². The van der Waals surface area contributed by atoms with Gasteiger partial charge < -0.3 is 10.6 Å². The lowest BCUT2D eigenvalue weighted by atomic mass is 10.1. The summed E-state index contributed by atoms with van der Waals surface area (Å²) in [5.74, 6) is -0.402. The smallest absolute Gasteiger partial charge is 0.251 e. The fourth-order valence-corrected chi connectivity index (χ4v) is 1.46. The Balaban J connectivity index is 2.63. The normalized spacial score (nSPS) is 11.7. The van der Waals surface area contributed by atoms with Crippen molar-refractivity contribution in [1.29, 1.82) is 0 Å². The van der Waals surface area contributed by atoms with Gasteiger partial charge in [-0.25, -0.2) is 0 Å². The van der Waals surface area contributed by atoms with E-state index in [-0.39, 0.29) is 11.8 Å². The van der Waals surface area contributed by atoms with Crippen LogP contribution in [0.3, 0.4) is 0 Å². The number of amides is 2. The predicted octanol–water partition coefficient (Wildman–Crippen LogP) is 1.25. The highest BCUT2D eigenvalue weighted by atomic mass is 16.2. The zero-order valence-corrected chi connectivity index (χ0v) is 10.4. The van der Waals surface area contributed by atoms with Crippen LogP contribution in [0.5, 0.6) is 0 Å². The molecule has 0 saturated carbocycles. The van der Waals surface area contributed by atoms with Crippen LogP contribution in [0, 0.1) is 6.92 Å². The zero-order chi connectivity index (χ0) is 12.8. The predicted molar refractivity (Wildman–Crippen MR) is 66.8 cm³/mol. The van der Waals surface area contributed by atoms with Crippen molar-refractivity contribution in [2.24, 2.45) is 0 Å². The Bertz CT molecular complexity index is 416. The van der Waals surface area contributed by atoms with Gasteiger partial charge in [0, 0.05) is 12.1 Å². The van der Waals surface area contributed by atoms with Crippen molar-refractivity contribution in [2.45, 2.75) is 26.8 Å². The summed E-state index contributed by atoms with van der Waals surface area (Å²) in [5, 5.41) is 5.32. The highest BCUT2D eigenvalue weighted by Gasteiger charge is 2.15. The minimum absolute atomic E-state index is 0.173. The standard InChI is InChI=1S/C13H18N2O2/c1-4-14-12(16)10(3)15-13(17)11-7-5-6-9(2)8-11/h5-8,10H,4H2,1-3H3,(H,14,16)(H,15,17). The monoisotopic (exact) mass is 234 g/mol. The van der Waals surface area contributed by atoms with E-state index in [1.807, 2.05) is 26.0 Å². The number of nitrogens with one attached hydrogen (secondary N) is 2. The van der Waals surface area contributed by atoms with Crippen molar-refractivity contribution in [3.63, 3.8) is 0 Å². The first-order chi connectivity index (χ1) is 8.04. The molecule has 0 radical (unpaired) electrons. The maximum absolute atomic E-state index is 11.8. The van der Waals surface area contributed by atoms with Gasteiger partial charge in [0.05, 0.1) is 0 Å². The second-order valence-electron chi connectivity index (χ2n) is 3.96. The molecule has 0 spiro atoms. The molecule has 0 aliphatic heterocycles. The minimum atomic E-state index is -0.525. The molecule has 4 nitrogen and oxygen atoms in total. The molecule has 0 aliphatic carbocycles. The molecule has 2 N–H and O–H groups in total. The van der Waals surface area contributed by atoms with Crippen LogP contribution < -0.4 is 10.6 Å². The molecular formula is C13H18N2O2. The fraction of sp³-hybridized carbons (Fsp3) is 0.385. The molecule has 17 heavy (non-hydrogen) atoms. The summed E-state index contributed by atoms with van der Waals surface area (Å²) in [4.78, 5) is 23.3. The average Bonchev–Trinajstić information content (AvgIpc) is 2.29. The van der Waals surface area contributed by atoms with E-state index >= 15 is 0 Å². The van der Waals surface area contributed by atoms with E-state index in [1.165, 1.54) is 0 Å². The lowest BCUT2D eigenvalue weighted by molar-refractivity contribution is -0.122. The van der Waals surface area contributed by atoms with Crippen molar-refractivity contribution in [3.8, 4) is 0 Å². The number of hydrogen-bond acceptors (Lipinski definition) is 2. The lowest BCUT2D eigenvalue weighted by Gasteiger charge is -2.13. The summed E-state index contributed by atoms with van der Waals surface area (Å²) in [5.41, 5.74) is 1.59. The number of rotatable bonds is 4. The van der Waals surface area contributed by atoms with Gasteiger partial charge in [0.1, 0.15) is 6.04 Å². The van der Waals surface area contributed by atoms with Crippen LogP contribution in [0.1, 0.15) is 29.8 Å². The highest BCUT2D eigenvalue weighted by Crippen LogP contribution is 2.03. The SMILES string of the molecule is CCNC(=O)C(C)NC(=O)c1cccc(C)c1. The molecule has 1 aromatic carbocycles. The summed E-state index contributed by atoms with van der Waals surface area (Å²) in [7, 11) is 0. The van der Waals surface area contributed by atoms with Crippen LogP contribution in [0.4, 0.5) is 0 Å². The van der Waals surface area contributed by atoms with E-state index in [2.05, 4.69) is 10.6 Å². The third-order valence-electron chi connectivity index (χ3n) is 2.37. The highest BCUT2D eigenvalue weighted by molar-refractivity contribution is 5.97. The van der Waals surface area contributed by atoms with Gasteiger partial charge in [0.25, 0.3) is 5.91 Å². The van der Waals surface area contributed by atoms with E-state index in [0.29, 0.717) is 12.1 Å². The average molecular weight is 234 g/mol. The fourth-order valence-electron chi connectivity index (χ4n) is 1.46. The Morgan fingerprint density at radius 3 is 2.65 bits per heavy atom. The van der Waals surface area contributed by atoms with Crippen LogP contribution >= 0.6 is 0 Å². The first-order valence-corrected chi connectivity index (χ1v) is 5.69. The Labute approximate surface area is 101 Å². The number of carbonyl (C=O) groups is 2. The van der Waals surface area contributed by atoms with E-state index < -0.39 is 6.04 Å². The Kier molecular flexibility index (Phi) is 4.69. The van der Waals surface area contributed by atoms with Crippen molar-refractivity contribution in [1.82, 2.24) is 10.6 Å². The Morgan fingerprint density at radius 1 is 1.35 bits per heavy atom. The molecule has 0 aliphatic rings. The molecule has 0 fully saturated rings. The molecule has 0 saturated heterocycles. The summed E-state index contributed by atoms with van der Waals surface area (Å²) >= 11 is 0. The molecule has 0 bridgehead atoms. The molecule has 1 rings (SSSR count). The largest absolute Gasteiger partial charge is 0.355 e. The summed E-state index contributed by atoms with van der Waals surface area (Å²) in [6, 6.07) is 6.74. The summed E-state index contributed by atoms with van der Waals surface area (Å²) in [6.45, 7) is 5.99. The molecule has 1 aromatic rings. The van der Waals surface area contributed by atoms with Gasteiger partial charge in [-0.15, -0.1) is 0 Å². The third-order valence-corrected chi connectivity index (χ3v) is 2.37. The number of carbonyl (C=O) groups excluding carboxylic acids is 2. The van der Waals surface area contributed by atoms with Crippen LogP contribution in [0.2, 0.25) is 0 Å². The first kappa shape index (κ1) is 13.2. The zero-order valence-electron chi connectivity index (χ0n) is 10.4. The maximum Gasteiger partial charge on any atom is 0.251 e. The molecule has 2 amide bonds. The van der Waals surface area contributed by atoms with Crippen LogP contribution in [-0.2, 0) is 4.79 Å². The number of hydrogen-bond donors (Lipinski definition) is 2. The van der Waals surface area contributed by atoms with Crippen molar-refractivity contribution in [2.75, 3.05) is 6.54 Å². The van der Waals surface area contributed by atoms with Gasteiger partial charge >= 0.3 is 0 Å². The Hall–Kier alpha value is -1.84. The topological polar surface area (TPSA) is 58.2 Å². The number of aryl methyl sites for hydroxylation is 1. The molecule has 0 aromatic heterocycles. The van der Waals surface area contributed by atoms with Gasteiger partial charge in [-0.2, -0.15) is 0 Å². The minimum Gasteiger partial charge on any atom is -0.355 e. The van der Waals surface area contributed by atoms with Gasteiger partial charge in [-0.1, -0.05) is 17.7 Å². The lowest BCUT2D eigenvalue weighted by Crippen LogP contribution is -2.44. The summed E-state index contributed by atoms with van der Waals surface area (Å²) < 4.78 is 0. The first-order valence-electron chi connectivity index (χ1n) is 5.69. The molecule has 1 unspecified atom stereocenters. The third kappa shape index (κ3) is 3.90. The van der Waals surface area contributed by atoms with Gasteiger partial charge in [0.15, 0.2) is 0 Å². The van der Waals surface area contributed by atoms with Crippen molar-refractivity contribution in [3.05, 3.63) is 35.4 Å². The van der Waals surface area contributed by atoms with Gasteiger partial charge in [-0.05, 0) is 32.9 Å². The molecule has 92 valence electrons. The molecule has 0 heterocycles. The van der Waals surface area contributed by atoms with Crippen LogP contribution in [0.15, 0.2) is 24.3 Å². The number of benzene rings is 1. The summed E-state index contributed by atoms with van der Waals surface area (Å²) in [6.07, 6.45) is 0. The Morgan fingerprint density at radius 2 is 2.06 bits per heavy atom. The molecule has 1 atom stereocenters. The quantitative estimate of drug-likeness (QED) is 0.823. The van der Waals surface area contributed by atoms with Crippen LogP contribution in [0.25, 0.3) is 0 Å². The van der Waals surface area contributed by atoms with E-state index in [4.69, 9.17) is 0 Å². The number of likely N-dealkylation sites (N-methyl/N-ethyl adjacent to an activating group) is 1. The molecule has 4 heteroatoms. The van der Waals surface area contributed by atoms with Crippen LogP contribution in [-0.4, -0.2) is 24.4 Å². The second-order valence-corrected chi connectivity index (χ2v) is 3.96. The van der Waals surface area contributed by atoms with E-state index in [0.717, 1.165) is 5.56 Å². The van der Waals surface area contributed by atoms with Crippen molar-refractivity contribution >= 4 is 11.8 Å². The van der Waals surface area contributed by atoms with Gasteiger partial charge in [-0.3, -0.25) is 9.59 Å². The molecular weight excluding hydrogens is 216 g/mol. The van der Waals surface area contributed by atoms with Gasteiger partial charge in [0.2, 0.25) is 5.91 Å².